The van der Waals surface area contributed by atoms with Crippen LogP contribution < -0.4 is 9.80 Å². The van der Waals surface area contributed by atoms with E-state index in [0.29, 0.717) is 11.6 Å². The van der Waals surface area contributed by atoms with Crippen LogP contribution in [0.25, 0.3) is 44.6 Å². The number of nitrogens with zero attached hydrogens (tertiary/aromatic N) is 6. The van der Waals surface area contributed by atoms with Crippen LogP contribution in [-0.2, 0) is 0 Å². The Morgan fingerprint density at radius 3 is 1.22 bits per heavy atom. The minimum absolute atomic E-state index is 0.701. The molecule has 0 unspecified atom stereocenters. The smallest absolute Gasteiger partial charge is 0.162 e. The molecule has 0 aliphatic rings. The van der Waals surface area contributed by atoms with Gasteiger partial charge < -0.3 is 9.80 Å². The maximum absolute atomic E-state index is 4.83. The lowest BCUT2D eigenvalue weighted by molar-refractivity contribution is 1.06. The first-order chi connectivity index (χ1) is 15.5. The summed E-state index contributed by atoms with van der Waals surface area (Å²) in [5, 5.41) is 2.08. The fourth-order valence-electron chi connectivity index (χ4n) is 3.83. The van der Waals surface area contributed by atoms with Gasteiger partial charge in [-0.2, -0.15) is 0 Å². The third-order valence-electron chi connectivity index (χ3n) is 5.41. The number of aromatic nitrogens is 4. The predicted molar refractivity (Wildman–Crippen MR) is 132 cm³/mol. The van der Waals surface area contributed by atoms with E-state index in [0.717, 1.165) is 44.6 Å². The Balaban J connectivity index is 1.58. The van der Waals surface area contributed by atoms with Crippen molar-refractivity contribution in [2.45, 2.75) is 0 Å². The summed E-state index contributed by atoms with van der Waals surface area (Å²) >= 11 is 0. The SMILES string of the molecule is CN(C)c1nc(-c2ccc(-c3nc(N(C)C)c4ccccc4n3)cc2)nc2ccccc12. The molecule has 2 aromatic heterocycles. The number of hydrogen-bond acceptors (Lipinski definition) is 6. The quantitative estimate of drug-likeness (QED) is 0.406. The Kier molecular flexibility index (Phi) is 4.90. The van der Waals surface area contributed by atoms with E-state index < -0.39 is 0 Å². The van der Waals surface area contributed by atoms with Crippen molar-refractivity contribution < 1.29 is 0 Å². The molecule has 0 atom stereocenters. The molecule has 0 aliphatic heterocycles. The summed E-state index contributed by atoms with van der Waals surface area (Å²) in [4.78, 5) is 23.3. The molecule has 0 saturated carbocycles. The first-order valence-corrected chi connectivity index (χ1v) is 10.5. The maximum Gasteiger partial charge on any atom is 0.162 e. The highest BCUT2D eigenvalue weighted by Gasteiger charge is 2.13. The minimum Gasteiger partial charge on any atom is -0.362 e. The highest BCUT2D eigenvalue weighted by molar-refractivity contribution is 5.92. The predicted octanol–water partition coefficient (Wildman–Crippen LogP) is 5.04. The van der Waals surface area contributed by atoms with Gasteiger partial charge in [-0.1, -0.05) is 48.5 Å². The minimum atomic E-state index is 0.701. The summed E-state index contributed by atoms with van der Waals surface area (Å²) in [6.45, 7) is 0. The van der Waals surface area contributed by atoms with E-state index in [4.69, 9.17) is 19.9 Å². The molecular weight excluding hydrogens is 396 g/mol. The standard InChI is InChI=1S/C26H24N6/c1-31(2)25-19-9-5-7-11-21(19)27-23(29-25)17-13-15-18(16-14-17)24-28-22-12-8-6-10-20(22)26(30-24)32(3)4/h5-16H,1-4H3. The highest BCUT2D eigenvalue weighted by Crippen LogP contribution is 2.29. The van der Waals surface area contributed by atoms with Gasteiger partial charge in [0.25, 0.3) is 0 Å². The fraction of sp³-hybridized carbons (Fsp3) is 0.154. The lowest BCUT2D eigenvalue weighted by atomic mass is 10.1. The van der Waals surface area contributed by atoms with Crippen LogP contribution in [0.1, 0.15) is 0 Å². The van der Waals surface area contributed by atoms with Crippen LogP contribution in [-0.4, -0.2) is 48.1 Å². The largest absolute Gasteiger partial charge is 0.362 e. The number of para-hydroxylation sites is 2. The average Bonchev–Trinajstić information content (AvgIpc) is 2.82. The molecule has 6 nitrogen and oxygen atoms in total. The Morgan fingerprint density at radius 2 is 0.844 bits per heavy atom. The summed E-state index contributed by atoms with van der Waals surface area (Å²) in [5.74, 6) is 3.21. The van der Waals surface area contributed by atoms with Gasteiger partial charge in [0.2, 0.25) is 0 Å². The zero-order chi connectivity index (χ0) is 22.2. The van der Waals surface area contributed by atoms with Crippen LogP contribution in [0.2, 0.25) is 0 Å². The van der Waals surface area contributed by atoms with E-state index in [1.165, 1.54) is 0 Å². The number of benzene rings is 3. The van der Waals surface area contributed by atoms with Crippen LogP contribution in [0.4, 0.5) is 11.6 Å². The third kappa shape index (κ3) is 3.50. The summed E-state index contributed by atoms with van der Waals surface area (Å²) in [5.41, 5.74) is 3.77. The molecule has 2 heterocycles. The first-order valence-electron chi connectivity index (χ1n) is 10.5. The van der Waals surface area contributed by atoms with Gasteiger partial charge in [0.05, 0.1) is 11.0 Å². The van der Waals surface area contributed by atoms with Gasteiger partial charge >= 0.3 is 0 Å². The number of rotatable bonds is 4. The second-order valence-electron chi connectivity index (χ2n) is 8.14. The Bertz CT molecular complexity index is 1310. The van der Waals surface area contributed by atoms with Gasteiger partial charge in [-0.05, 0) is 24.3 Å². The Labute approximate surface area is 187 Å². The highest BCUT2D eigenvalue weighted by atomic mass is 15.2. The molecule has 6 heteroatoms. The van der Waals surface area contributed by atoms with Crippen LogP contribution >= 0.6 is 0 Å². The molecule has 0 radical (unpaired) electrons. The molecule has 158 valence electrons. The molecule has 0 amide bonds. The summed E-state index contributed by atoms with van der Waals surface area (Å²) in [6.07, 6.45) is 0. The van der Waals surface area contributed by atoms with Crippen LogP contribution in [0, 0.1) is 0 Å². The first kappa shape index (κ1) is 19.9. The van der Waals surface area contributed by atoms with E-state index in [1.54, 1.807) is 0 Å². The van der Waals surface area contributed by atoms with Crippen molar-refractivity contribution in [3.63, 3.8) is 0 Å². The van der Waals surface area contributed by atoms with Crippen molar-refractivity contribution in [1.82, 2.24) is 19.9 Å². The van der Waals surface area contributed by atoms with Crippen molar-refractivity contribution >= 4 is 33.4 Å². The molecule has 32 heavy (non-hydrogen) atoms. The summed E-state index contributed by atoms with van der Waals surface area (Å²) < 4.78 is 0. The lowest BCUT2D eigenvalue weighted by Gasteiger charge is -2.16. The molecule has 5 aromatic rings. The summed E-state index contributed by atoms with van der Waals surface area (Å²) in [7, 11) is 8.00. The Morgan fingerprint density at radius 1 is 0.469 bits per heavy atom. The van der Waals surface area contributed by atoms with Crippen molar-refractivity contribution in [3.05, 3.63) is 72.8 Å². The van der Waals surface area contributed by atoms with Gasteiger partial charge in [0, 0.05) is 50.1 Å². The average molecular weight is 421 g/mol. The number of fused-ring (bicyclic) bond motifs is 2. The molecule has 5 rings (SSSR count). The normalized spacial score (nSPS) is 11.1. The fourth-order valence-corrected chi connectivity index (χ4v) is 3.83. The zero-order valence-corrected chi connectivity index (χ0v) is 18.6. The lowest BCUT2D eigenvalue weighted by Crippen LogP contribution is -2.12. The number of hydrogen-bond donors (Lipinski definition) is 0. The molecule has 0 aliphatic carbocycles. The van der Waals surface area contributed by atoms with E-state index >= 15 is 0 Å². The monoisotopic (exact) mass is 420 g/mol. The van der Waals surface area contributed by atoms with Crippen molar-refractivity contribution in [3.8, 4) is 22.8 Å². The molecule has 0 saturated heterocycles. The second-order valence-corrected chi connectivity index (χ2v) is 8.14. The molecular formula is C26H24N6. The van der Waals surface area contributed by atoms with Gasteiger partial charge in [-0.3, -0.25) is 0 Å². The number of anilines is 2. The third-order valence-corrected chi connectivity index (χ3v) is 5.41. The van der Waals surface area contributed by atoms with Crippen LogP contribution in [0.5, 0.6) is 0 Å². The Hall–Kier alpha value is -4.06. The van der Waals surface area contributed by atoms with E-state index in [-0.39, 0.29) is 0 Å². The zero-order valence-electron chi connectivity index (χ0n) is 18.6. The van der Waals surface area contributed by atoms with E-state index in [2.05, 4.69) is 12.1 Å². The van der Waals surface area contributed by atoms with E-state index in [1.807, 2.05) is 98.7 Å². The van der Waals surface area contributed by atoms with Crippen molar-refractivity contribution in [2.24, 2.45) is 0 Å². The van der Waals surface area contributed by atoms with Crippen molar-refractivity contribution in [2.75, 3.05) is 38.0 Å². The second kappa shape index (κ2) is 7.89. The summed E-state index contributed by atoms with van der Waals surface area (Å²) in [6, 6.07) is 24.3. The van der Waals surface area contributed by atoms with Crippen molar-refractivity contribution in [1.29, 1.82) is 0 Å². The topological polar surface area (TPSA) is 58.0 Å². The molecule has 0 spiro atoms. The van der Waals surface area contributed by atoms with Gasteiger partial charge in [-0.15, -0.1) is 0 Å². The van der Waals surface area contributed by atoms with Crippen LogP contribution in [0.15, 0.2) is 72.8 Å². The maximum atomic E-state index is 4.83. The molecule has 0 bridgehead atoms. The van der Waals surface area contributed by atoms with Gasteiger partial charge in [0.1, 0.15) is 11.6 Å². The van der Waals surface area contributed by atoms with E-state index in [9.17, 15) is 0 Å². The molecule has 0 fully saturated rings. The molecule has 3 aromatic carbocycles. The van der Waals surface area contributed by atoms with Crippen LogP contribution in [0.3, 0.4) is 0 Å². The van der Waals surface area contributed by atoms with Gasteiger partial charge in [0.15, 0.2) is 11.6 Å². The molecule has 0 N–H and O–H groups in total. The van der Waals surface area contributed by atoms with Gasteiger partial charge in [-0.25, -0.2) is 19.9 Å².